The molecule has 1 atom stereocenters. The molecule has 0 N–H and O–H groups in total. The average molecular weight is 273 g/mol. The third-order valence-electron chi connectivity index (χ3n) is 3.74. The fourth-order valence-corrected chi connectivity index (χ4v) is 3.16. The van der Waals surface area contributed by atoms with Crippen molar-refractivity contribution in [3.8, 4) is 0 Å². The van der Waals surface area contributed by atoms with Crippen LogP contribution in [0.15, 0.2) is 29.2 Å². The molecule has 1 fully saturated rings. The van der Waals surface area contributed by atoms with Crippen LogP contribution in [0, 0.1) is 6.92 Å². The van der Waals surface area contributed by atoms with Crippen LogP contribution in [-0.2, 0) is 11.2 Å². The lowest BCUT2D eigenvalue weighted by molar-refractivity contribution is 0.111. The van der Waals surface area contributed by atoms with Crippen LogP contribution in [0.2, 0.25) is 0 Å². The molecule has 2 heterocycles. The van der Waals surface area contributed by atoms with Crippen molar-refractivity contribution in [3.63, 3.8) is 0 Å². The topological polar surface area (TPSA) is 22.1 Å². The number of pyridine rings is 1. The highest BCUT2D eigenvalue weighted by molar-refractivity contribution is 7.98. The largest absolute Gasteiger partial charge is 0.378 e. The molecule has 1 aliphatic heterocycles. The van der Waals surface area contributed by atoms with Gasteiger partial charge in [0.1, 0.15) is 0 Å². The molecule has 1 aliphatic rings. The Labute approximate surface area is 118 Å². The molecule has 1 aromatic carbocycles. The Morgan fingerprint density at radius 1 is 1.37 bits per heavy atom. The van der Waals surface area contributed by atoms with E-state index in [0.29, 0.717) is 6.10 Å². The maximum Gasteiger partial charge on any atom is 0.0719 e. The van der Waals surface area contributed by atoms with Gasteiger partial charge in [0.05, 0.1) is 11.6 Å². The Balaban J connectivity index is 1.96. The van der Waals surface area contributed by atoms with Crippen LogP contribution >= 0.6 is 11.8 Å². The van der Waals surface area contributed by atoms with E-state index in [4.69, 9.17) is 9.72 Å². The van der Waals surface area contributed by atoms with E-state index >= 15 is 0 Å². The summed E-state index contributed by atoms with van der Waals surface area (Å²) in [6, 6.07) is 8.75. The number of aryl methyl sites for hydroxylation is 1. The summed E-state index contributed by atoms with van der Waals surface area (Å²) < 4.78 is 5.71. The van der Waals surface area contributed by atoms with Crippen LogP contribution in [0.4, 0.5) is 0 Å². The SMILES string of the molecule is CSc1ccc2c(C)cc(C[C@@H]3CCCO3)nc2c1. The molecule has 19 heavy (non-hydrogen) atoms. The Bertz CT molecular complexity index is 591. The molecule has 100 valence electrons. The molecule has 3 rings (SSSR count). The zero-order valence-corrected chi connectivity index (χ0v) is 12.3. The third-order valence-corrected chi connectivity index (χ3v) is 4.46. The van der Waals surface area contributed by atoms with Crippen LogP contribution in [0.25, 0.3) is 10.9 Å². The Morgan fingerprint density at radius 3 is 3.00 bits per heavy atom. The first-order chi connectivity index (χ1) is 9.26. The summed E-state index contributed by atoms with van der Waals surface area (Å²) in [6.45, 7) is 3.08. The van der Waals surface area contributed by atoms with E-state index in [-0.39, 0.29) is 0 Å². The molecule has 2 aromatic rings. The van der Waals surface area contributed by atoms with Gasteiger partial charge in [0.2, 0.25) is 0 Å². The van der Waals surface area contributed by atoms with Crippen molar-refractivity contribution in [1.29, 1.82) is 0 Å². The summed E-state index contributed by atoms with van der Waals surface area (Å²) in [6.07, 6.45) is 5.77. The maximum absolute atomic E-state index is 5.71. The first-order valence-corrected chi connectivity index (χ1v) is 8.04. The van der Waals surface area contributed by atoms with Crippen molar-refractivity contribution in [2.75, 3.05) is 12.9 Å². The van der Waals surface area contributed by atoms with Crippen molar-refractivity contribution in [2.45, 2.75) is 37.2 Å². The second-order valence-corrected chi connectivity index (χ2v) is 6.03. The molecule has 0 radical (unpaired) electrons. The van der Waals surface area contributed by atoms with Crippen molar-refractivity contribution in [1.82, 2.24) is 4.98 Å². The second kappa shape index (κ2) is 5.51. The van der Waals surface area contributed by atoms with Gasteiger partial charge in [-0.15, -0.1) is 11.8 Å². The minimum Gasteiger partial charge on any atom is -0.378 e. The standard InChI is InChI=1S/C16H19NOS/c1-11-8-12(9-13-4-3-7-18-13)17-16-10-14(19-2)5-6-15(11)16/h5-6,8,10,13H,3-4,7,9H2,1-2H3/t13-/m0/s1. The zero-order valence-electron chi connectivity index (χ0n) is 11.5. The lowest BCUT2D eigenvalue weighted by Gasteiger charge is -2.11. The van der Waals surface area contributed by atoms with E-state index < -0.39 is 0 Å². The van der Waals surface area contributed by atoms with E-state index in [9.17, 15) is 0 Å². The van der Waals surface area contributed by atoms with Gasteiger partial charge in [-0.1, -0.05) is 6.07 Å². The van der Waals surface area contributed by atoms with E-state index in [1.807, 2.05) is 0 Å². The van der Waals surface area contributed by atoms with Crippen molar-refractivity contribution >= 4 is 22.7 Å². The monoisotopic (exact) mass is 273 g/mol. The van der Waals surface area contributed by atoms with Gasteiger partial charge in [0.15, 0.2) is 0 Å². The first-order valence-electron chi connectivity index (χ1n) is 6.82. The number of fused-ring (bicyclic) bond motifs is 1. The van der Waals surface area contributed by atoms with Crippen LogP contribution in [0.3, 0.4) is 0 Å². The van der Waals surface area contributed by atoms with Gasteiger partial charge < -0.3 is 4.74 Å². The molecule has 0 saturated carbocycles. The first kappa shape index (κ1) is 12.9. The molecule has 3 heteroatoms. The molecule has 2 nitrogen and oxygen atoms in total. The predicted octanol–water partition coefficient (Wildman–Crippen LogP) is 3.99. The minimum atomic E-state index is 0.369. The van der Waals surface area contributed by atoms with Crippen molar-refractivity contribution < 1.29 is 4.74 Å². The number of hydrogen-bond acceptors (Lipinski definition) is 3. The Kier molecular flexibility index (Phi) is 3.76. The molecule has 0 spiro atoms. The highest BCUT2D eigenvalue weighted by Crippen LogP contribution is 2.25. The summed E-state index contributed by atoms with van der Waals surface area (Å²) in [7, 11) is 0. The van der Waals surface area contributed by atoms with Gasteiger partial charge in [0.25, 0.3) is 0 Å². The number of nitrogens with zero attached hydrogens (tertiary/aromatic N) is 1. The number of aromatic nitrogens is 1. The van der Waals surface area contributed by atoms with Gasteiger partial charge in [-0.2, -0.15) is 0 Å². The number of hydrogen-bond donors (Lipinski definition) is 0. The van der Waals surface area contributed by atoms with Crippen molar-refractivity contribution in [2.24, 2.45) is 0 Å². The highest BCUT2D eigenvalue weighted by atomic mass is 32.2. The molecule has 0 unspecified atom stereocenters. The molecular weight excluding hydrogens is 254 g/mol. The molecular formula is C16H19NOS. The van der Waals surface area contributed by atoms with E-state index in [1.165, 1.54) is 28.7 Å². The summed E-state index contributed by atoms with van der Waals surface area (Å²) in [5, 5.41) is 1.26. The molecule has 0 aliphatic carbocycles. The predicted molar refractivity (Wildman–Crippen MR) is 80.9 cm³/mol. The van der Waals surface area contributed by atoms with Gasteiger partial charge >= 0.3 is 0 Å². The normalized spacial score (nSPS) is 19.2. The lowest BCUT2D eigenvalue weighted by atomic mass is 10.1. The van der Waals surface area contributed by atoms with E-state index in [2.05, 4.69) is 37.4 Å². The number of rotatable bonds is 3. The molecule has 0 amide bonds. The quantitative estimate of drug-likeness (QED) is 0.790. The molecule has 0 bridgehead atoms. The Morgan fingerprint density at radius 2 is 2.26 bits per heavy atom. The summed E-state index contributed by atoms with van der Waals surface area (Å²) in [5.41, 5.74) is 3.58. The van der Waals surface area contributed by atoms with Crippen LogP contribution in [-0.4, -0.2) is 24.0 Å². The lowest BCUT2D eigenvalue weighted by Crippen LogP contribution is -2.10. The summed E-state index contributed by atoms with van der Waals surface area (Å²) in [4.78, 5) is 6.09. The smallest absolute Gasteiger partial charge is 0.0719 e. The zero-order chi connectivity index (χ0) is 13.2. The summed E-state index contributed by atoms with van der Waals surface area (Å²) >= 11 is 1.76. The Hall–Kier alpha value is -1.06. The summed E-state index contributed by atoms with van der Waals surface area (Å²) in [5.74, 6) is 0. The van der Waals surface area contributed by atoms with E-state index in [0.717, 1.165) is 24.2 Å². The van der Waals surface area contributed by atoms with Crippen LogP contribution in [0.1, 0.15) is 24.1 Å². The number of ether oxygens (including phenoxy) is 1. The van der Waals surface area contributed by atoms with Crippen molar-refractivity contribution in [3.05, 3.63) is 35.5 Å². The van der Waals surface area contributed by atoms with Gasteiger partial charge in [-0.3, -0.25) is 4.98 Å². The molecule has 1 aromatic heterocycles. The second-order valence-electron chi connectivity index (χ2n) is 5.15. The number of thioether (sulfide) groups is 1. The maximum atomic E-state index is 5.71. The highest BCUT2D eigenvalue weighted by Gasteiger charge is 2.17. The van der Waals surface area contributed by atoms with Gasteiger partial charge in [0, 0.05) is 29.0 Å². The number of benzene rings is 1. The minimum absolute atomic E-state index is 0.369. The van der Waals surface area contributed by atoms with E-state index in [1.54, 1.807) is 11.8 Å². The third kappa shape index (κ3) is 2.77. The fraction of sp³-hybridized carbons (Fsp3) is 0.438. The van der Waals surface area contributed by atoms with Gasteiger partial charge in [-0.05, 0) is 49.8 Å². The van der Waals surface area contributed by atoms with Crippen LogP contribution in [0.5, 0.6) is 0 Å². The van der Waals surface area contributed by atoms with Gasteiger partial charge in [-0.25, -0.2) is 0 Å². The fourth-order valence-electron chi connectivity index (χ4n) is 2.72. The average Bonchev–Trinajstić information content (AvgIpc) is 2.91. The molecule has 1 saturated heterocycles. The van der Waals surface area contributed by atoms with Crippen LogP contribution < -0.4 is 0 Å².